The van der Waals surface area contributed by atoms with Gasteiger partial charge in [0.25, 0.3) is 0 Å². The summed E-state index contributed by atoms with van der Waals surface area (Å²) >= 11 is 13.3. The molecule has 2 aromatic heterocycles. The summed E-state index contributed by atoms with van der Waals surface area (Å²) in [5, 5.41) is 11.8. The second kappa shape index (κ2) is 5.12. The summed E-state index contributed by atoms with van der Waals surface area (Å²) in [7, 11) is 1.74. The molecule has 0 fully saturated rings. The van der Waals surface area contributed by atoms with Gasteiger partial charge in [0.15, 0.2) is 0 Å². The van der Waals surface area contributed by atoms with E-state index in [0.717, 1.165) is 5.82 Å². The van der Waals surface area contributed by atoms with E-state index < -0.39 is 0 Å². The Kier molecular flexibility index (Phi) is 3.76. The highest BCUT2D eigenvalue weighted by molar-refractivity contribution is 7.99. The first-order valence-corrected chi connectivity index (χ1v) is 6.28. The first-order chi connectivity index (χ1) is 8.10. The van der Waals surface area contributed by atoms with Crippen LogP contribution in [-0.2, 0) is 0 Å². The molecule has 17 heavy (non-hydrogen) atoms. The highest BCUT2D eigenvalue weighted by Gasteiger charge is 2.12. The highest BCUT2D eigenvalue weighted by Crippen LogP contribution is 2.34. The van der Waals surface area contributed by atoms with E-state index in [9.17, 15) is 0 Å². The van der Waals surface area contributed by atoms with Crippen LogP contribution in [-0.4, -0.2) is 27.2 Å². The minimum atomic E-state index is 0.474. The van der Waals surface area contributed by atoms with E-state index >= 15 is 0 Å². The van der Waals surface area contributed by atoms with Crippen molar-refractivity contribution in [3.8, 4) is 0 Å². The molecule has 0 aromatic carbocycles. The Morgan fingerprint density at radius 2 is 2.06 bits per heavy atom. The van der Waals surface area contributed by atoms with E-state index in [0.29, 0.717) is 26.0 Å². The fraction of sp³-hybridized carbons (Fsp3) is 0.222. The Balaban J connectivity index is 2.32. The lowest BCUT2D eigenvalue weighted by atomic mass is 10.4. The predicted octanol–water partition coefficient (Wildman–Crippen LogP) is 3.01. The maximum atomic E-state index is 6.05. The fourth-order valence-electron chi connectivity index (χ4n) is 1.15. The second-order valence-electron chi connectivity index (χ2n) is 3.16. The normalized spacial score (nSPS) is 10.6. The van der Waals surface area contributed by atoms with Gasteiger partial charge in [-0.25, -0.2) is 9.97 Å². The minimum absolute atomic E-state index is 0.474. The molecule has 0 saturated heterocycles. The molecule has 2 aromatic rings. The highest BCUT2D eigenvalue weighted by atomic mass is 35.5. The maximum Gasteiger partial charge on any atom is 0.214 e. The summed E-state index contributed by atoms with van der Waals surface area (Å²) in [6, 6.07) is 1.64. The lowest BCUT2D eigenvalue weighted by molar-refractivity contribution is 0.964. The van der Waals surface area contributed by atoms with Gasteiger partial charge < -0.3 is 5.32 Å². The number of rotatable bonds is 3. The van der Waals surface area contributed by atoms with Crippen molar-refractivity contribution in [2.75, 3.05) is 12.4 Å². The molecule has 90 valence electrons. The van der Waals surface area contributed by atoms with Crippen molar-refractivity contribution in [3.63, 3.8) is 0 Å². The van der Waals surface area contributed by atoms with Gasteiger partial charge in [0.1, 0.15) is 16.7 Å². The average Bonchev–Trinajstić information content (AvgIpc) is 2.68. The smallest absolute Gasteiger partial charge is 0.214 e. The van der Waals surface area contributed by atoms with Gasteiger partial charge in [-0.05, 0) is 24.8 Å². The quantitative estimate of drug-likeness (QED) is 0.909. The Morgan fingerprint density at radius 1 is 1.29 bits per heavy atom. The van der Waals surface area contributed by atoms with Gasteiger partial charge in [-0.15, -0.1) is 5.10 Å². The molecule has 0 bridgehead atoms. The average molecular weight is 290 g/mol. The van der Waals surface area contributed by atoms with Gasteiger partial charge in [-0.1, -0.05) is 23.2 Å². The summed E-state index contributed by atoms with van der Waals surface area (Å²) in [6.07, 6.45) is 0. The molecule has 0 amide bonds. The number of aryl methyl sites for hydroxylation is 1. The molecule has 0 radical (unpaired) electrons. The van der Waals surface area contributed by atoms with Gasteiger partial charge in [0, 0.05) is 7.05 Å². The SMILES string of the molecule is CNc1nc(Sc2n[nH]c(C)n2)c(Cl)cc1Cl. The lowest BCUT2D eigenvalue weighted by Gasteiger charge is -2.06. The van der Waals surface area contributed by atoms with Gasteiger partial charge in [-0.3, -0.25) is 5.10 Å². The maximum absolute atomic E-state index is 6.05. The van der Waals surface area contributed by atoms with Crippen molar-refractivity contribution in [3.05, 3.63) is 21.9 Å². The molecular formula is C9H9Cl2N5S. The van der Waals surface area contributed by atoms with E-state index in [2.05, 4.69) is 25.5 Å². The van der Waals surface area contributed by atoms with Crippen LogP contribution in [0.15, 0.2) is 16.2 Å². The van der Waals surface area contributed by atoms with Crippen LogP contribution in [0.4, 0.5) is 5.82 Å². The molecule has 2 rings (SSSR count). The second-order valence-corrected chi connectivity index (χ2v) is 4.93. The number of halogens is 2. The van der Waals surface area contributed by atoms with Crippen LogP contribution in [0.1, 0.15) is 5.82 Å². The third-order valence-corrected chi connectivity index (χ3v) is 3.46. The number of pyridine rings is 1. The number of nitrogens with zero attached hydrogens (tertiary/aromatic N) is 3. The third kappa shape index (κ3) is 2.83. The van der Waals surface area contributed by atoms with Crippen molar-refractivity contribution in [1.29, 1.82) is 0 Å². The molecule has 8 heteroatoms. The van der Waals surface area contributed by atoms with Crippen molar-refractivity contribution in [2.45, 2.75) is 17.1 Å². The molecule has 0 saturated carbocycles. The molecule has 0 unspecified atom stereocenters. The number of nitrogens with one attached hydrogen (secondary N) is 2. The summed E-state index contributed by atoms with van der Waals surface area (Å²) in [6.45, 7) is 1.83. The molecular weight excluding hydrogens is 281 g/mol. The van der Waals surface area contributed by atoms with Crippen LogP contribution in [0, 0.1) is 6.92 Å². The van der Waals surface area contributed by atoms with Crippen LogP contribution in [0.2, 0.25) is 10.0 Å². The first kappa shape index (κ1) is 12.5. The number of H-pyrrole nitrogens is 1. The van der Waals surface area contributed by atoms with Crippen LogP contribution in [0.5, 0.6) is 0 Å². The first-order valence-electron chi connectivity index (χ1n) is 4.71. The zero-order valence-electron chi connectivity index (χ0n) is 9.08. The van der Waals surface area contributed by atoms with E-state index in [1.165, 1.54) is 11.8 Å². The summed E-state index contributed by atoms with van der Waals surface area (Å²) < 4.78 is 0. The zero-order valence-corrected chi connectivity index (χ0v) is 11.4. The number of anilines is 1. The molecule has 2 N–H and O–H groups in total. The van der Waals surface area contributed by atoms with Gasteiger partial charge in [0.2, 0.25) is 5.16 Å². The van der Waals surface area contributed by atoms with Crippen LogP contribution in [0.3, 0.4) is 0 Å². The molecule has 0 aliphatic rings. The summed E-state index contributed by atoms with van der Waals surface area (Å²) in [5.74, 6) is 1.32. The Labute approximate surface area is 112 Å². The largest absolute Gasteiger partial charge is 0.372 e. The van der Waals surface area contributed by atoms with Crippen LogP contribution in [0.25, 0.3) is 0 Å². The third-order valence-electron chi connectivity index (χ3n) is 1.90. The van der Waals surface area contributed by atoms with Crippen LogP contribution >= 0.6 is 35.0 Å². The molecule has 5 nitrogen and oxygen atoms in total. The number of aromatic amines is 1. The number of hydrogen-bond donors (Lipinski definition) is 2. The van der Waals surface area contributed by atoms with Crippen molar-refractivity contribution < 1.29 is 0 Å². The van der Waals surface area contributed by atoms with Gasteiger partial charge >= 0.3 is 0 Å². The van der Waals surface area contributed by atoms with Crippen molar-refractivity contribution in [2.24, 2.45) is 0 Å². The number of hydrogen-bond acceptors (Lipinski definition) is 5. The Hall–Kier alpha value is -0.980. The topological polar surface area (TPSA) is 66.5 Å². The van der Waals surface area contributed by atoms with Crippen molar-refractivity contribution >= 4 is 40.8 Å². The molecule has 2 heterocycles. The Bertz CT molecular complexity index is 542. The lowest BCUT2D eigenvalue weighted by Crippen LogP contribution is -1.95. The predicted molar refractivity (Wildman–Crippen MR) is 69.0 cm³/mol. The summed E-state index contributed by atoms with van der Waals surface area (Å²) in [5.41, 5.74) is 0. The van der Waals surface area contributed by atoms with E-state index in [-0.39, 0.29) is 0 Å². The monoisotopic (exact) mass is 289 g/mol. The van der Waals surface area contributed by atoms with Gasteiger partial charge in [-0.2, -0.15) is 0 Å². The molecule has 0 aliphatic heterocycles. The van der Waals surface area contributed by atoms with Gasteiger partial charge in [0.05, 0.1) is 10.0 Å². The van der Waals surface area contributed by atoms with E-state index in [1.807, 2.05) is 6.92 Å². The molecule has 0 aliphatic carbocycles. The number of aromatic nitrogens is 4. The fourth-order valence-corrected chi connectivity index (χ4v) is 2.46. The summed E-state index contributed by atoms with van der Waals surface area (Å²) in [4.78, 5) is 8.46. The van der Waals surface area contributed by atoms with Crippen molar-refractivity contribution in [1.82, 2.24) is 20.2 Å². The van der Waals surface area contributed by atoms with E-state index in [4.69, 9.17) is 23.2 Å². The Morgan fingerprint density at radius 3 is 2.65 bits per heavy atom. The van der Waals surface area contributed by atoms with E-state index in [1.54, 1.807) is 13.1 Å². The zero-order chi connectivity index (χ0) is 12.4. The molecule has 0 atom stereocenters. The molecule has 0 spiro atoms. The minimum Gasteiger partial charge on any atom is -0.372 e. The standard InChI is InChI=1S/C9H9Cl2N5S/c1-4-13-9(16-15-4)17-8-6(11)3-5(10)7(12-2)14-8/h3H,1-2H3,(H,12,14)(H,13,15,16). The van der Waals surface area contributed by atoms with Crippen LogP contribution < -0.4 is 5.32 Å².